The van der Waals surface area contributed by atoms with Gasteiger partial charge in [0.25, 0.3) is 0 Å². The molecule has 2 aliphatic rings. The zero-order valence-electron chi connectivity index (χ0n) is 14.7. The first-order valence-electron chi connectivity index (χ1n) is 8.66. The van der Waals surface area contributed by atoms with Crippen LogP contribution in [0.1, 0.15) is 47.8 Å². The molecule has 0 radical (unpaired) electrons. The lowest BCUT2D eigenvalue weighted by atomic mass is 9.75. The number of rotatable bonds is 2. The van der Waals surface area contributed by atoms with Gasteiger partial charge >= 0.3 is 5.97 Å². The second-order valence-electron chi connectivity index (χ2n) is 6.73. The number of carbonyl (C=O) groups is 3. The lowest BCUT2D eigenvalue weighted by Gasteiger charge is -2.37. The van der Waals surface area contributed by atoms with Gasteiger partial charge in [0.15, 0.2) is 18.2 Å². The number of phenols is 2. The fourth-order valence-corrected chi connectivity index (χ4v) is 4.11. The normalized spacial score (nSPS) is 18.3. The number of phenolic OH excluding ortho intramolecular Hbond substituents is 2. The Bertz CT molecular complexity index is 1240. The van der Waals surface area contributed by atoms with Crippen molar-refractivity contribution in [2.45, 2.75) is 5.60 Å². The van der Waals surface area contributed by atoms with Crippen LogP contribution in [0.2, 0.25) is 0 Å². The van der Waals surface area contributed by atoms with E-state index in [9.17, 15) is 24.6 Å². The Labute approximate surface area is 163 Å². The van der Waals surface area contributed by atoms with Crippen molar-refractivity contribution in [2.75, 3.05) is 0 Å². The summed E-state index contributed by atoms with van der Waals surface area (Å²) in [6, 6.07) is 12.2. The van der Waals surface area contributed by atoms with Crippen LogP contribution < -0.4 is 4.74 Å². The largest absolute Gasteiger partial charge is 0.508 e. The lowest BCUT2D eigenvalue weighted by Crippen LogP contribution is -2.34. The molecule has 142 valence electrons. The fraction of sp³-hybridized carbons (Fsp3) is 0.0455. The first-order valence-corrected chi connectivity index (χ1v) is 8.66. The zero-order chi connectivity index (χ0) is 20.3. The number of esters is 1. The number of hydrogen-bond donors (Lipinski definition) is 2. The van der Waals surface area contributed by atoms with Gasteiger partial charge in [-0.1, -0.05) is 18.2 Å². The van der Waals surface area contributed by atoms with Gasteiger partial charge in [-0.25, -0.2) is 4.79 Å². The van der Waals surface area contributed by atoms with Crippen molar-refractivity contribution in [3.63, 3.8) is 0 Å². The van der Waals surface area contributed by atoms with Crippen LogP contribution in [0.15, 0.2) is 48.5 Å². The molecule has 0 amide bonds. The van der Waals surface area contributed by atoms with Gasteiger partial charge in [0, 0.05) is 28.8 Å². The monoisotopic (exact) mass is 388 g/mol. The Hall–Kier alpha value is -4.13. The summed E-state index contributed by atoms with van der Waals surface area (Å²) in [5, 5.41) is 20.1. The van der Waals surface area contributed by atoms with Gasteiger partial charge in [-0.15, -0.1) is 0 Å². The van der Waals surface area contributed by atoms with Crippen LogP contribution >= 0.6 is 0 Å². The zero-order valence-corrected chi connectivity index (χ0v) is 14.7. The van der Waals surface area contributed by atoms with Crippen LogP contribution in [0, 0.1) is 0 Å². The summed E-state index contributed by atoms with van der Waals surface area (Å²) in [7, 11) is 0. The average Bonchev–Trinajstić information content (AvgIpc) is 3.00. The van der Waals surface area contributed by atoms with Crippen LogP contribution in [0.3, 0.4) is 0 Å². The van der Waals surface area contributed by atoms with E-state index in [1.165, 1.54) is 24.3 Å². The topological polar surface area (TPSA) is 110 Å². The molecule has 0 fully saturated rings. The van der Waals surface area contributed by atoms with Gasteiger partial charge in [0.05, 0.1) is 16.7 Å². The van der Waals surface area contributed by atoms with Crippen molar-refractivity contribution in [3.8, 4) is 23.0 Å². The van der Waals surface area contributed by atoms with Crippen molar-refractivity contribution < 1.29 is 34.1 Å². The third-order valence-corrected chi connectivity index (χ3v) is 5.27. The number of carbonyl (C=O) groups excluding carboxylic acids is 3. The van der Waals surface area contributed by atoms with Crippen LogP contribution in [0.5, 0.6) is 23.0 Å². The summed E-state index contributed by atoms with van der Waals surface area (Å²) in [5.74, 6) is -0.901. The molecule has 0 saturated carbocycles. The van der Waals surface area contributed by atoms with Crippen LogP contribution in [0.4, 0.5) is 0 Å². The highest BCUT2D eigenvalue weighted by Gasteiger charge is 2.55. The Balaban J connectivity index is 1.99. The molecule has 2 N–H and O–H groups in total. The first kappa shape index (κ1) is 17.0. The summed E-state index contributed by atoms with van der Waals surface area (Å²) in [6.07, 6.45) is 0.787. The molecule has 0 saturated heterocycles. The quantitative estimate of drug-likeness (QED) is 0.512. The molecule has 0 aliphatic carbocycles. The molecule has 2 aliphatic heterocycles. The van der Waals surface area contributed by atoms with Crippen LogP contribution in [-0.4, -0.2) is 28.8 Å². The molecule has 3 aromatic rings. The Morgan fingerprint density at radius 3 is 2.38 bits per heavy atom. The predicted molar refractivity (Wildman–Crippen MR) is 98.8 cm³/mol. The minimum absolute atomic E-state index is 0.0396. The summed E-state index contributed by atoms with van der Waals surface area (Å²) in [5.41, 5.74) is -0.659. The van der Waals surface area contributed by atoms with E-state index in [1.807, 2.05) is 0 Å². The summed E-state index contributed by atoms with van der Waals surface area (Å²) >= 11 is 0. The molecule has 0 bridgehead atoms. The minimum Gasteiger partial charge on any atom is -0.508 e. The second-order valence-corrected chi connectivity index (χ2v) is 6.73. The third-order valence-electron chi connectivity index (χ3n) is 5.27. The van der Waals surface area contributed by atoms with E-state index in [0.717, 1.165) is 0 Å². The van der Waals surface area contributed by atoms with E-state index in [0.29, 0.717) is 29.3 Å². The van der Waals surface area contributed by atoms with Gasteiger partial charge in [-0.3, -0.25) is 9.59 Å². The number of ether oxygens (including phenoxy) is 2. The number of fused-ring (bicyclic) bond motifs is 6. The van der Waals surface area contributed by atoms with Crippen LogP contribution in [0.25, 0.3) is 0 Å². The summed E-state index contributed by atoms with van der Waals surface area (Å²) in [6.45, 7) is 0. The molecule has 7 nitrogen and oxygen atoms in total. The van der Waals surface area contributed by atoms with Crippen molar-refractivity contribution >= 4 is 18.5 Å². The van der Waals surface area contributed by atoms with E-state index in [2.05, 4.69) is 0 Å². The maximum absolute atomic E-state index is 12.7. The molecular weight excluding hydrogens is 376 g/mol. The Morgan fingerprint density at radius 2 is 1.62 bits per heavy atom. The van der Waals surface area contributed by atoms with Gasteiger partial charge in [0.1, 0.15) is 23.0 Å². The highest BCUT2D eigenvalue weighted by Crippen LogP contribution is 2.58. The van der Waals surface area contributed by atoms with Gasteiger partial charge in [-0.05, 0) is 18.2 Å². The van der Waals surface area contributed by atoms with Gasteiger partial charge in [-0.2, -0.15) is 0 Å². The summed E-state index contributed by atoms with van der Waals surface area (Å²) in [4.78, 5) is 36.3. The SMILES string of the molecule is O=Cc1c(O)cc2c(c1C=O)C1(OC(=O)c3ccccc31)c1ccc(O)cc1O2. The molecule has 0 aromatic heterocycles. The van der Waals surface area contributed by atoms with E-state index >= 15 is 0 Å². The van der Waals surface area contributed by atoms with Crippen molar-refractivity contribution in [2.24, 2.45) is 0 Å². The van der Waals surface area contributed by atoms with Gasteiger partial charge in [0.2, 0.25) is 0 Å². The van der Waals surface area contributed by atoms with E-state index in [-0.39, 0.29) is 33.9 Å². The molecule has 5 rings (SSSR count). The fourth-order valence-electron chi connectivity index (χ4n) is 4.11. The standard InChI is InChI=1S/C22H12O7/c23-9-13-14(10-24)20-19(8-17(13)26)28-18-7-11(25)5-6-16(18)22(20)15-4-2-1-3-12(15)21(27)29-22/h1-10,25-26H. The Morgan fingerprint density at radius 1 is 0.862 bits per heavy atom. The maximum Gasteiger partial charge on any atom is 0.340 e. The molecule has 2 heterocycles. The predicted octanol–water partition coefficient (Wildman–Crippen LogP) is 3.29. The molecular formula is C22H12O7. The van der Waals surface area contributed by atoms with Crippen LogP contribution in [-0.2, 0) is 10.3 Å². The number of hydrogen-bond acceptors (Lipinski definition) is 7. The third kappa shape index (κ3) is 2.04. The molecule has 1 unspecified atom stereocenters. The maximum atomic E-state index is 12.7. The van der Waals surface area contributed by atoms with E-state index < -0.39 is 17.3 Å². The average molecular weight is 388 g/mol. The number of aldehydes is 2. The summed E-state index contributed by atoms with van der Waals surface area (Å²) < 4.78 is 11.7. The van der Waals surface area contributed by atoms with E-state index in [4.69, 9.17) is 9.47 Å². The molecule has 1 atom stereocenters. The van der Waals surface area contributed by atoms with Gasteiger partial charge < -0.3 is 19.7 Å². The van der Waals surface area contributed by atoms with Crippen molar-refractivity contribution in [1.82, 2.24) is 0 Å². The lowest BCUT2D eigenvalue weighted by molar-refractivity contribution is 0.0221. The molecule has 1 spiro atoms. The number of aromatic hydroxyl groups is 2. The first-order chi connectivity index (χ1) is 14.0. The Kier molecular flexibility index (Phi) is 3.33. The number of benzene rings is 3. The molecule has 3 aromatic carbocycles. The highest BCUT2D eigenvalue weighted by atomic mass is 16.6. The van der Waals surface area contributed by atoms with E-state index in [1.54, 1.807) is 24.3 Å². The molecule has 29 heavy (non-hydrogen) atoms. The van der Waals surface area contributed by atoms with Crippen molar-refractivity contribution in [3.05, 3.63) is 81.9 Å². The van der Waals surface area contributed by atoms with Crippen molar-refractivity contribution in [1.29, 1.82) is 0 Å². The second kappa shape index (κ2) is 5.68. The minimum atomic E-state index is -1.58. The smallest absolute Gasteiger partial charge is 0.340 e. The molecule has 7 heteroatoms. The highest BCUT2D eigenvalue weighted by molar-refractivity contribution is 6.00.